The Kier molecular flexibility index (Phi) is 17.1. The van der Waals surface area contributed by atoms with Crippen LogP contribution in [0.25, 0.3) is 0 Å². The van der Waals surface area contributed by atoms with Gasteiger partial charge in [-0.3, -0.25) is 9.59 Å². The molecule has 0 aliphatic carbocycles. The molecule has 0 radical (unpaired) electrons. The molecule has 0 saturated carbocycles. The quantitative estimate of drug-likeness (QED) is 0.111. The zero-order chi connectivity index (χ0) is 24.2. The number of carbonyl (C=O) groups is 2. The predicted molar refractivity (Wildman–Crippen MR) is 134 cm³/mol. The summed E-state index contributed by atoms with van der Waals surface area (Å²) < 4.78 is 17.2. The highest BCUT2D eigenvalue weighted by atomic mass is 16.6. The summed E-state index contributed by atoms with van der Waals surface area (Å²) >= 11 is 0. The van der Waals surface area contributed by atoms with Crippen LogP contribution < -0.4 is 14.2 Å². The highest BCUT2D eigenvalue weighted by Gasteiger charge is 2.19. The lowest BCUT2D eigenvalue weighted by molar-refractivity contribution is -0.137. The molecule has 33 heavy (non-hydrogen) atoms. The number of para-hydroxylation sites is 1. The van der Waals surface area contributed by atoms with Crippen LogP contribution in [0.15, 0.2) is 18.2 Å². The monoisotopic (exact) mass is 462 g/mol. The fourth-order valence-electron chi connectivity index (χ4n) is 3.59. The van der Waals surface area contributed by atoms with E-state index in [2.05, 4.69) is 20.8 Å². The smallest absolute Gasteiger partial charge is 0.311 e. The molecule has 5 heteroatoms. The van der Waals surface area contributed by atoms with Crippen LogP contribution in [0.4, 0.5) is 0 Å². The van der Waals surface area contributed by atoms with Gasteiger partial charge >= 0.3 is 11.9 Å². The van der Waals surface area contributed by atoms with Crippen molar-refractivity contribution in [1.29, 1.82) is 0 Å². The molecule has 0 bridgehead atoms. The number of esters is 2. The molecule has 1 aromatic rings. The fourth-order valence-corrected chi connectivity index (χ4v) is 3.59. The number of carbonyl (C=O) groups excluding carboxylic acids is 2. The Bertz CT molecular complexity index is 656. The lowest BCUT2D eigenvalue weighted by Gasteiger charge is -2.15. The Morgan fingerprint density at radius 1 is 0.606 bits per heavy atom. The SMILES string of the molecule is CCCCCCCC(=O)Oc1cccc(OCCCCCC)c1OC(=O)CCCCCCC. The van der Waals surface area contributed by atoms with Crippen molar-refractivity contribution in [1.82, 2.24) is 0 Å². The van der Waals surface area contributed by atoms with Gasteiger partial charge < -0.3 is 14.2 Å². The average molecular weight is 463 g/mol. The standard InChI is InChI=1S/C28H46O5/c1-4-7-10-13-15-21-26(29)32-25-20-18-19-24(31-23-17-12-9-6-3)28(25)33-27(30)22-16-14-11-8-5-2/h18-20H,4-17,21-23H2,1-3H3. The van der Waals surface area contributed by atoms with Crippen LogP contribution in [0, 0.1) is 0 Å². The van der Waals surface area contributed by atoms with Gasteiger partial charge in [-0.05, 0) is 31.4 Å². The maximum absolute atomic E-state index is 12.5. The molecule has 5 nitrogen and oxygen atoms in total. The summed E-state index contributed by atoms with van der Waals surface area (Å²) in [7, 11) is 0. The molecule has 0 N–H and O–H groups in total. The van der Waals surface area contributed by atoms with Gasteiger partial charge in [-0.25, -0.2) is 0 Å². The molecule has 1 rings (SSSR count). The molecule has 1 aromatic carbocycles. The summed E-state index contributed by atoms with van der Waals surface area (Å²) in [4.78, 5) is 24.9. The molecule has 0 atom stereocenters. The molecular formula is C28H46O5. The number of rotatable bonds is 20. The van der Waals surface area contributed by atoms with E-state index >= 15 is 0 Å². The van der Waals surface area contributed by atoms with E-state index in [-0.39, 0.29) is 23.4 Å². The zero-order valence-corrected chi connectivity index (χ0v) is 21.3. The van der Waals surface area contributed by atoms with Crippen molar-refractivity contribution in [2.75, 3.05) is 6.61 Å². The van der Waals surface area contributed by atoms with Crippen LogP contribution in [0.5, 0.6) is 17.2 Å². The third-order valence-electron chi connectivity index (χ3n) is 5.61. The molecule has 188 valence electrons. The van der Waals surface area contributed by atoms with Gasteiger partial charge in [0.25, 0.3) is 0 Å². The molecular weight excluding hydrogens is 416 g/mol. The number of benzene rings is 1. The van der Waals surface area contributed by atoms with Gasteiger partial charge in [0.1, 0.15) is 0 Å². The summed E-state index contributed by atoms with van der Waals surface area (Å²) in [6.45, 7) is 7.04. The van der Waals surface area contributed by atoms with Crippen LogP contribution in [-0.2, 0) is 9.59 Å². The number of ether oxygens (including phenoxy) is 3. The topological polar surface area (TPSA) is 61.8 Å². The van der Waals surface area contributed by atoms with Gasteiger partial charge in [-0.1, -0.05) is 97.5 Å². The van der Waals surface area contributed by atoms with E-state index in [1.54, 1.807) is 18.2 Å². The Labute approximate surface area is 201 Å². The first-order valence-corrected chi connectivity index (χ1v) is 13.3. The molecule has 0 saturated heterocycles. The van der Waals surface area contributed by atoms with Gasteiger partial charge in [0, 0.05) is 12.8 Å². The van der Waals surface area contributed by atoms with Crippen LogP contribution in [0.2, 0.25) is 0 Å². The van der Waals surface area contributed by atoms with Crippen molar-refractivity contribution in [2.24, 2.45) is 0 Å². The van der Waals surface area contributed by atoms with E-state index in [1.165, 1.54) is 32.1 Å². The van der Waals surface area contributed by atoms with Crippen molar-refractivity contribution in [3.63, 3.8) is 0 Å². The maximum atomic E-state index is 12.5. The van der Waals surface area contributed by atoms with E-state index in [0.29, 0.717) is 25.2 Å². The molecule has 0 unspecified atom stereocenters. The summed E-state index contributed by atoms with van der Waals surface area (Å²) in [5, 5.41) is 0. The maximum Gasteiger partial charge on any atom is 0.311 e. The highest BCUT2D eigenvalue weighted by molar-refractivity contribution is 5.77. The van der Waals surface area contributed by atoms with Gasteiger partial charge in [0.05, 0.1) is 6.61 Å². The van der Waals surface area contributed by atoms with Crippen molar-refractivity contribution in [2.45, 2.75) is 124 Å². The normalized spacial score (nSPS) is 10.8. The predicted octanol–water partition coefficient (Wildman–Crippen LogP) is 8.18. The van der Waals surface area contributed by atoms with Crippen molar-refractivity contribution < 1.29 is 23.8 Å². The Morgan fingerprint density at radius 3 is 1.67 bits per heavy atom. The van der Waals surface area contributed by atoms with Crippen LogP contribution >= 0.6 is 0 Å². The van der Waals surface area contributed by atoms with Crippen LogP contribution in [0.1, 0.15) is 124 Å². The minimum Gasteiger partial charge on any atom is -0.490 e. The fraction of sp³-hybridized carbons (Fsp3) is 0.714. The summed E-state index contributed by atoms with van der Waals surface area (Å²) in [6.07, 6.45) is 15.6. The lowest BCUT2D eigenvalue weighted by atomic mass is 10.1. The summed E-state index contributed by atoms with van der Waals surface area (Å²) in [5.74, 6) is 0.331. The molecule has 0 spiro atoms. The minimum absolute atomic E-state index is 0.228. The van der Waals surface area contributed by atoms with Gasteiger partial charge in [0.2, 0.25) is 5.75 Å². The van der Waals surface area contributed by atoms with Crippen molar-refractivity contribution in [3.8, 4) is 17.2 Å². The Balaban J connectivity index is 2.74. The first-order valence-electron chi connectivity index (χ1n) is 13.3. The largest absolute Gasteiger partial charge is 0.490 e. The summed E-state index contributed by atoms with van der Waals surface area (Å²) in [5.41, 5.74) is 0. The van der Waals surface area contributed by atoms with E-state index in [9.17, 15) is 9.59 Å². The molecule has 0 amide bonds. The van der Waals surface area contributed by atoms with Crippen molar-refractivity contribution >= 4 is 11.9 Å². The molecule has 0 fully saturated rings. The third-order valence-corrected chi connectivity index (χ3v) is 5.61. The lowest BCUT2D eigenvalue weighted by Crippen LogP contribution is -2.13. The Morgan fingerprint density at radius 2 is 1.09 bits per heavy atom. The third kappa shape index (κ3) is 14.0. The first-order chi connectivity index (χ1) is 16.1. The van der Waals surface area contributed by atoms with E-state index in [0.717, 1.165) is 57.8 Å². The Hall–Kier alpha value is -2.04. The van der Waals surface area contributed by atoms with E-state index in [4.69, 9.17) is 14.2 Å². The van der Waals surface area contributed by atoms with Crippen LogP contribution in [-0.4, -0.2) is 18.5 Å². The highest BCUT2D eigenvalue weighted by Crippen LogP contribution is 2.38. The minimum atomic E-state index is -0.314. The number of unbranched alkanes of at least 4 members (excludes halogenated alkanes) is 11. The van der Waals surface area contributed by atoms with Crippen molar-refractivity contribution in [3.05, 3.63) is 18.2 Å². The zero-order valence-electron chi connectivity index (χ0n) is 21.3. The molecule has 0 aliphatic rings. The molecule has 0 aromatic heterocycles. The van der Waals surface area contributed by atoms with Gasteiger partial charge in [-0.15, -0.1) is 0 Å². The van der Waals surface area contributed by atoms with E-state index < -0.39 is 0 Å². The average Bonchev–Trinajstić information content (AvgIpc) is 2.80. The van der Waals surface area contributed by atoms with E-state index in [1.807, 2.05) is 0 Å². The second kappa shape index (κ2) is 19.4. The van der Waals surface area contributed by atoms with Crippen LogP contribution in [0.3, 0.4) is 0 Å². The molecule has 0 heterocycles. The second-order valence-electron chi connectivity index (χ2n) is 8.77. The summed E-state index contributed by atoms with van der Waals surface area (Å²) in [6, 6.07) is 5.21. The molecule has 0 aliphatic heterocycles. The number of hydrogen-bond acceptors (Lipinski definition) is 5. The van der Waals surface area contributed by atoms with Gasteiger partial charge in [0.15, 0.2) is 11.5 Å². The second-order valence-corrected chi connectivity index (χ2v) is 8.77. The number of hydrogen-bond donors (Lipinski definition) is 0. The van der Waals surface area contributed by atoms with Gasteiger partial charge in [-0.2, -0.15) is 0 Å². The first kappa shape index (κ1) is 29.0.